The second kappa shape index (κ2) is 16.4. The van der Waals surface area contributed by atoms with Crippen molar-refractivity contribution in [2.24, 2.45) is 0 Å². The van der Waals surface area contributed by atoms with Crippen LogP contribution in [0.2, 0.25) is 64.0 Å². The van der Waals surface area contributed by atoms with E-state index in [1.165, 1.54) is 0 Å². The van der Waals surface area contributed by atoms with Crippen LogP contribution in [0.15, 0.2) is 0 Å². The lowest BCUT2D eigenvalue weighted by Gasteiger charge is -2.41. The first kappa shape index (κ1) is 36.7. The molecule has 0 aliphatic heterocycles. The molecule has 0 spiro atoms. The maximum Gasteiger partial charge on any atom is 0.500 e. The van der Waals surface area contributed by atoms with E-state index in [1.54, 1.807) is 21.3 Å². The van der Waals surface area contributed by atoms with Crippen molar-refractivity contribution < 1.29 is 47.9 Å². The lowest BCUT2D eigenvalue weighted by Crippen LogP contribution is -2.57. The molecule has 1 atom stereocenters. The lowest BCUT2D eigenvalue weighted by atomic mass is 10.5. The zero-order valence-corrected chi connectivity index (χ0v) is 27.8. The summed E-state index contributed by atoms with van der Waals surface area (Å²) in [6, 6.07) is 2.20. The quantitative estimate of drug-likeness (QED) is 0.121. The summed E-state index contributed by atoms with van der Waals surface area (Å²) in [7, 11) is -6.11. The van der Waals surface area contributed by atoms with E-state index in [1.807, 2.05) is 0 Å². The molecule has 0 bridgehead atoms. The van der Waals surface area contributed by atoms with Crippen molar-refractivity contribution in [3.63, 3.8) is 0 Å². The molecule has 0 aromatic carbocycles. The smallest absolute Gasteiger partial charge is 0.440 e. The third kappa shape index (κ3) is 19.7. The molecule has 0 aromatic rings. The van der Waals surface area contributed by atoms with Crippen LogP contribution in [-0.4, -0.2) is 84.3 Å². The topological polar surface area (TPSA) is 64.6 Å². The van der Waals surface area contributed by atoms with Gasteiger partial charge in [-0.1, -0.05) is 0 Å². The van der Waals surface area contributed by atoms with Crippen molar-refractivity contribution in [3.05, 3.63) is 0 Å². The Hall–Kier alpha value is 0.524. The third-order valence-corrected chi connectivity index (χ3v) is 22.2. The Morgan fingerprint density at radius 2 is 1.26 bits per heavy atom. The monoisotopic (exact) mass is 590 g/mol. The molecule has 0 N–H and O–H groups in total. The second-order valence-electron chi connectivity index (χ2n) is 9.36. The van der Waals surface area contributed by atoms with Gasteiger partial charge in [0, 0.05) is 40.9 Å². The minimum atomic E-state index is -4.00. The van der Waals surface area contributed by atoms with E-state index in [4.69, 9.17) is 30.4 Å². The average molecular weight is 591 g/mol. The van der Waals surface area contributed by atoms with E-state index in [9.17, 15) is 17.6 Å². The van der Waals surface area contributed by atoms with E-state index >= 15 is 0 Å². The van der Waals surface area contributed by atoms with Crippen molar-refractivity contribution >= 4 is 43.3 Å². The Kier molecular flexibility index (Phi) is 17.7. The van der Waals surface area contributed by atoms with Crippen molar-refractivity contribution in [2.45, 2.75) is 83.5 Å². The van der Waals surface area contributed by atoms with E-state index in [0.29, 0.717) is 18.7 Å². The molecule has 0 aliphatic rings. The van der Waals surface area contributed by atoms with Gasteiger partial charge in [0.1, 0.15) is 0 Å². The van der Waals surface area contributed by atoms with Crippen LogP contribution in [-0.2, 0) is 30.4 Å². The van der Waals surface area contributed by atoms with Crippen molar-refractivity contribution in [1.29, 1.82) is 0 Å². The van der Waals surface area contributed by atoms with Gasteiger partial charge >= 0.3 is 32.1 Å². The number of rotatable bonds is 17. The molecule has 0 amide bonds. The first-order valence-electron chi connectivity index (χ1n) is 11.2. The van der Waals surface area contributed by atoms with Crippen molar-refractivity contribution in [3.8, 4) is 0 Å². The fraction of sp³-hybridized carbons (Fsp3) is 1.00. The van der Waals surface area contributed by atoms with E-state index < -0.39 is 56.3 Å². The molecule has 7 nitrogen and oxygen atoms in total. The lowest BCUT2D eigenvalue weighted by molar-refractivity contribution is -0.110. The molecule has 34 heavy (non-hydrogen) atoms. The molecular weight excluding hydrogens is 545 g/mol. The van der Waals surface area contributed by atoms with Crippen LogP contribution in [0.4, 0.5) is 17.6 Å². The SMILES string of the molecule is CC(F)(F)F.CO[Si](CC[Si](C)(O[Si](C)(C)CCCOCF)O[Si](C)(C)O[SiH](C)C)(OC)OC. The Labute approximate surface area is 209 Å². The minimum Gasteiger partial charge on any atom is -0.440 e. The molecule has 0 saturated heterocycles. The molecule has 0 aliphatic carbocycles. The van der Waals surface area contributed by atoms with Crippen LogP contribution in [0.25, 0.3) is 0 Å². The van der Waals surface area contributed by atoms with Gasteiger partial charge < -0.3 is 30.4 Å². The molecule has 0 fully saturated rings. The normalized spacial score (nSPS) is 15.2. The Morgan fingerprint density at radius 3 is 1.65 bits per heavy atom. The van der Waals surface area contributed by atoms with E-state index in [2.05, 4.69) is 45.8 Å². The summed E-state index contributed by atoms with van der Waals surface area (Å²) in [5, 5.41) is 0. The highest BCUT2D eigenvalue weighted by molar-refractivity contribution is 6.88. The van der Waals surface area contributed by atoms with Gasteiger partial charge in [-0.2, -0.15) is 13.2 Å². The van der Waals surface area contributed by atoms with Gasteiger partial charge in [0.2, 0.25) is 0 Å². The zero-order valence-electron chi connectivity index (χ0n) is 22.7. The number of hydrogen-bond donors (Lipinski definition) is 0. The molecule has 0 saturated carbocycles. The van der Waals surface area contributed by atoms with Crippen LogP contribution < -0.4 is 0 Å². The maximum atomic E-state index is 12.2. The van der Waals surface area contributed by atoms with Crippen LogP contribution >= 0.6 is 0 Å². The third-order valence-electron chi connectivity index (χ3n) is 4.44. The Balaban J connectivity index is 0. The van der Waals surface area contributed by atoms with Crippen LogP contribution in [0.1, 0.15) is 13.3 Å². The standard InChI is InChI=1S/C16H43FO7Si5.C2H3F3/c1-18-29(19-2,20-3)15-14-28(10,24-27(8,9)22-25(4)5)23-26(6,7)13-11-12-21-16-17;1-2(3,4)5/h25H,11-16H2,1-10H3;1H3. The fourth-order valence-corrected chi connectivity index (χ4v) is 24.4. The number of ether oxygens (including phenoxy) is 1. The highest BCUT2D eigenvalue weighted by Crippen LogP contribution is 2.31. The van der Waals surface area contributed by atoms with Gasteiger partial charge in [-0.15, -0.1) is 0 Å². The summed E-state index contributed by atoms with van der Waals surface area (Å²) in [4.78, 5) is 0. The van der Waals surface area contributed by atoms with Crippen LogP contribution in [0, 0.1) is 0 Å². The number of alkyl halides is 4. The van der Waals surface area contributed by atoms with Gasteiger partial charge in [-0.05, 0) is 64.3 Å². The van der Waals surface area contributed by atoms with E-state index in [0.717, 1.165) is 12.5 Å². The molecule has 1 unspecified atom stereocenters. The Bertz CT molecular complexity index is 527. The molecule has 208 valence electrons. The summed E-state index contributed by atoms with van der Waals surface area (Å²) in [5.41, 5.74) is 0. The van der Waals surface area contributed by atoms with Crippen molar-refractivity contribution in [1.82, 2.24) is 0 Å². The molecule has 0 aromatic heterocycles. The highest BCUT2D eigenvalue weighted by atomic mass is 28.5. The second-order valence-corrected chi connectivity index (χ2v) is 26.7. The molecule has 0 rings (SSSR count). The Morgan fingerprint density at radius 1 is 0.794 bits per heavy atom. The molecule has 0 radical (unpaired) electrons. The van der Waals surface area contributed by atoms with E-state index in [-0.39, 0.29) is 6.92 Å². The fourth-order valence-electron chi connectivity index (χ4n) is 3.46. The first-order chi connectivity index (χ1) is 15.3. The maximum absolute atomic E-state index is 12.2. The predicted molar refractivity (Wildman–Crippen MR) is 138 cm³/mol. The first-order valence-corrected chi connectivity index (χ1v) is 24.4. The van der Waals surface area contributed by atoms with Crippen LogP contribution in [0.3, 0.4) is 0 Å². The largest absolute Gasteiger partial charge is 0.500 e. The van der Waals surface area contributed by atoms with Crippen molar-refractivity contribution in [2.75, 3.05) is 34.8 Å². The average Bonchev–Trinajstić information content (AvgIpc) is 2.63. The molecule has 16 heteroatoms. The van der Waals surface area contributed by atoms with Gasteiger partial charge in [0.05, 0.1) is 0 Å². The van der Waals surface area contributed by atoms with Crippen LogP contribution in [0.5, 0.6) is 0 Å². The van der Waals surface area contributed by atoms with Gasteiger partial charge in [-0.25, -0.2) is 4.39 Å². The zero-order chi connectivity index (χ0) is 27.3. The highest BCUT2D eigenvalue weighted by Gasteiger charge is 2.48. The summed E-state index contributed by atoms with van der Waals surface area (Å²) in [5.74, 6) is 0. The van der Waals surface area contributed by atoms with Gasteiger partial charge in [0.15, 0.2) is 24.2 Å². The summed E-state index contributed by atoms with van der Waals surface area (Å²) < 4.78 is 84.6. The van der Waals surface area contributed by atoms with Gasteiger partial charge in [-0.3, -0.25) is 0 Å². The molecular formula is C18H46F4O7Si5. The molecule has 0 heterocycles. The number of halogens is 4. The number of hydrogen-bond acceptors (Lipinski definition) is 7. The summed E-state index contributed by atoms with van der Waals surface area (Å²) in [6.45, 7) is 14.8. The minimum absolute atomic E-state index is 0.188. The summed E-state index contributed by atoms with van der Waals surface area (Å²) >= 11 is 0. The summed E-state index contributed by atoms with van der Waals surface area (Å²) in [6.07, 6.45) is -3.23. The predicted octanol–water partition coefficient (Wildman–Crippen LogP) is 5.78. The van der Waals surface area contributed by atoms with Gasteiger partial charge in [0.25, 0.3) is 0 Å².